The molecule has 0 aliphatic heterocycles. The first kappa shape index (κ1) is 12.2. The van der Waals surface area contributed by atoms with E-state index in [1.54, 1.807) is 12.1 Å². The van der Waals surface area contributed by atoms with E-state index in [2.05, 4.69) is 17.2 Å². The summed E-state index contributed by atoms with van der Waals surface area (Å²) in [5.41, 5.74) is 5.48. The fourth-order valence-corrected chi connectivity index (χ4v) is 1.03. The van der Waals surface area contributed by atoms with Gasteiger partial charge in [0.05, 0.1) is 5.56 Å². The average Bonchev–Trinajstić information content (AvgIpc) is 2.28. The fourth-order valence-electron chi connectivity index (χ4n) is 1.03. The Labute approximate surface area is 93.8 Å². The molecule has 0 saturated heterocycles. The number of halogens is 1. The summed E-state index contributed by atoms with van der Waals surface area (Å²) >= 11 is 0. The summed E-state index contributed by atoms with van der Waals surface area (Å²) in [7, 11) is 0. The highest BCUT2D eigenvalue weighted by Gasteiger charge is 1.97. The minimum Gasteiger partial charge on any atom is -0.345 e. The van der Waals surface area contributed by atoms with Crippen molar-refractivity contribution >= 4 is 5.91 Å². The molecule has 0 spiro atoms. The molecule has 0 heterocycles. The third-order valence-electron chi connectivity index (χ3n) is 1.85. The van der Waals surface area contributed by atoms with Gasteiger partial charge < -0.3 is 11.1 Å². The maximum Gasteiger partial charge on any atom is 0.296 e. The maximum absolute atomic E-state index is 13.1. The molecule has 3 N–H and O–H groups in total. The minimum absolute atomic E-state index is 0.219. The monoisotopic (exact) mass is 220 g/mol. The van der Waals surface area contributed by atoms with E-state index in [9.17, 15) is 9.18 Å². The van der Waals surface area contributed by atoms with E-state index in [4.69, 9.17) is 5.73 Å². The lowest BCUT2D eigenvalue weighted by Gasteiger charge is -1.97. The lowest BCUT2D eigenvalue weighted by molar-refractivity contribution is -0.115. The van der Waals surface area contributed by atoms with E-state index in [-0.39, 0.29) is 5.56 Å². The van der Waals surface area contributed by atoms with Crippen molar-refractivity contribution in [2.75, 3.05) is 13.1 Å². The summed E-state index contributed by atoms with van der Waals surface area (Å²) in [5, 5.41) is 2.56. The molecule has 0 atom stereocenters. The van der Waals surface area contributed by atoms with Gasteiger partial charge in [0.15, 0.2) is 0 Å². The van der Waals surface area contributed by atoms with Gasteiger partial charge in [0.25, 0.3) is 5.91 Å². The zero-order valence-electron chi connectivity index (χ0n) is 8.79. The van der Waals surface area contributed by atoms with Crippen LogP contribution in [0, 0.1) is 17.7 Å². The molecule has 0 radical (unpaired) electrons. The Balaban J connectivity index is 2.54. The summed E-state index contributed by atoms with van der Waals surface area (Å²) in [4.78, 5) is 11.2. The van der Waals surface area contributed by atoms with Crippen molar-refractivity contribution in [3.63, 3.8) is 0 Å². The second-order valence-corrected chi connectivity index (χ2v) is 3.13. The van der Waals surface area contributed by atoms with Crippen molar-refractivity contribution in [2.24, 2.45) is 5.73 Å². The van der Waals surface area contributed by atoms with Crippen LogP contribution in [-0.2, 0) is 4.79 Å². The smallest absolute Gasteiger partial charge is 0.296 e. The van der Waals surface area contributed by atoms with E-state index < -0.39 is 11.7 Å². The molecule has 1 amide bonds. The lowest BCUT2D eigenvalue weighted by atomic mass is 10.2. The number of hydrogen-bond donors (Lipinski definition) is 2. The van der Waals surface area contributed by atoms with Gasteiger partial charge in [-0.05, 0) is 25.1 Å². The minimum atomic E-state index is -0.426. The van der Waals surface area contributed by atoms with Crippen LogP contribution in [0.15, 0.2) is 24.3 Å². The summed E-state index contributed by atoms with van der Waals surface area (Å²) in [6, 6.07) is 6.06. The highest BCUT2D eigenvalue weighted by atomic mass is 19.1. The SMILES string of the molecule is NCCCNC(=O)C#Cc1ccccc1F. The molecule has 0 bridgehead atoms. The Morgan fingerprint density at radius 3 is 2.88 bits per heavy atom. The second-order valence-electron chi connectivity index (χ2n) is 3.13. The molecule has 0 fully saturated rings. The van der Waals surface area contributed by atoms with Crippen LogP contribution in [0.4, 0.5) is 4.39 Å². The second kappa shape index (κ2) is 6.59. The van der Waals surface area contributed by atoms with Gasteiger partial charge in [-0.3, -0.25) is 4.79 Å². The quantitative estimate of drug-likeness (QED) is 0.580. The van der Waals surface area contributed by atoms with Crippen LogP contribution in [0.2, 0.25) is 0 Å². The third kappa shape index (κ3) is 4.11. The zero-order valence-corrected chi connectivity index (χ0v) is 8.79. The number of rotatable bonds is 3. The van der Waals surface area contributed by atoms with Gasteiger partial charge in [-0.25, -0.2) is 4.39 Å². The number of benzene rings is 1. The highest BCUT2D eigenvalue weighted by Crippen LogP contribution is 2.03. The Morgan fingerprint density at radius 2 is 2.19 bits per heavy atom. The number of amides is 1. The number of nitrogens with one attached hydrogen (secondary N) is 1. The van der Waals surface area contributed by atoms with Crippen LogP contribution >= 0.6 is 0 Å². The van der Waals surface area contributed by atoms with Crippen molar-refractivity contribution in [1.82, 2.24) is 5.32 Å². The molecular formula is C12H13FN2O. The van der Waals surface area contributed by atoms with Crippen molar-refractivity contribution in [2.45, 2.75) is 6.42 Å². The van der Waals surface area contributed by atoms with Crippen LogP contribution in [0.3, 0.4) is 0 Å². The van der Waals surface area contributed by atoms with Crippen LogP contribution < -0.4 is 11.1 Å². The molecule has 84 valence electrons. The van der Waals surface area contributed by atoms with Gasteiger partial charge in [-0.1, -0.05) is 18.1 Å². The highest BCUT2D eigenvalue weighted by molar-refractivity contribution is 5.94. The van der Waals surface area contributed by atoms with E-state index in [1.165, 1.54) is 12.1 Å². The predicted octanol–water partition coefficient (Wildman–Crippen LogP) is 0.642. The first-order valence-electron chi connectivity index (χ1n) is 4.98. The maximum atomic E-state index is 13.1. The van der Waals surface area contributed by atoms with Gasteiger partial charge in [0.2, 0.25) is 0 Å². The fraction of sp³-hybridized carbons (Fsp3) is 0.250. The van der Waals surface area contributed by atoms with Crippen molar-refractivity contribution < 1.29 is 9.18 Å². The van der Waals surface area contributed by atoms with Gasteiger partial charge in [-0.2, -0.15) is 0 Å². The first-order valence-corrected chi connectivity index (χ1v) is 4.98. The van der Waals surface area contributed by atoms with E-state index >= 15 is 0 Å². The number of carbonyl (C=O) groups is 1. The summed E-state index contributed by atoms with van der Waals surface area (Å²) in [6.45, 7) is 1.00. The molecule has 0 unspecified atom stereocenters. The predicted molar refractivity (Wildman–Crippen MR) is 60.0 cm³/mol. The molecule has 0 aliphatic rings. The molecule has 1 rings (SSSR count). The molecule has 16 heavy (non-hydrogen) atoms. The zero-order chi connectivity index (χ0) is 11.8. The first-order chi connectivity index (χ1) is 7.74. The largest absolute Gasteiger partial charge is 0.345 e. The summed E-state index contributed by atoms with van der Waals surface area (Å²) < 4.78 is 13.1. The molecule has 0 aromatic heterocycles. The molecule has 0 aliphatic carbocycles. The van der Waals surface area contributed by atoms with Crippen molar-refractivity contribution in [1.29, 1.82) is 0 Å². The van der Waals surface area contributed by atoms with Crippen LogP contribution in [-0.4, -0.2) is 19.0 Å². The Kier molecular flexibility index (Phi) is 5.03. The number of nitrogens with two attached hydrogens (primary N) is 1. The Hall–Kier alpha value is -1.86. The molecular weight excluding hydrogens is 207 g/mol. The summed E-state index contributed by atoms with van der Waals surface area (Å²) in [5.74, 6) is 3.94. The van der Waals surface area contributed by atoms with E-state index in [0.29, 0.717) is 19.5 Å². The summed E-state index contributed by atoms with van der Waals surface area (Å²) in [6.07, 6.45) is 0.702. The number of carbonyl (C=O) groups excluding carboxylic acids is 1. The van der Waals surface area contributed by atoms with Gasteiger partial charge in [-0.15, -0.1) is 0 Å². The normalized spacial score (nSPS) is 9.12. The van der Waals surface area contributed by atoms with Crippen LogP contribution in [0.25, 0.3) is 0 Å². The Bertz CT molecular complexity index is 421. The van der Waals surface area contributed by atoms with Crippen LogP contribution in [0.1, 0.15) is 12.0 Å². The topological polar surface area (TPSA) is 55.1 Å². The average molecular weight is 220 g/mol. The number of hydrogen-bond acceptors (Lipinski definition) is 2. The molecule has 0 saturated carbocycles. The Morgan fingerprint density at radius 1 is 1.44 bits per heavy atom. The van der Waals surface area contributed by atoms with Gasteiger partial charge in [0, 0.05) is 12.5 Å². The van der Waals surface area contributed by atoms with Gasteiger partial charge in [0.1, 0.15) is 5.82 Å². The van der Waals surface area contributed by atoms with Crippen LogP contribution in [0.5, 0.6) is 0 Å². The van der Waals surface area contributed by atoms with Gasteiger partial charge >= 0.3 is 0 Å². The lowest BCUT2D eigenvalue weighted by Crippen LogP contribution is -2.24. The third-order valence-corrected chi connectivity index (χ3v) is 1.85. The van der Waals surface area contributed by atoms with Crippen molar-refractivity contribution in [3.8, 4) is 11.8 Å². The molecule has 1 aromatic rings. The molecule has 3 nitrogen and oxygen atoms in total. The molecule has 1 aromatic carbocycles. The van der Waals surface area contributed by atoms with E-state index in [0.717, 1.165) is 0 Å². The van der Waals surface area contributed by atoms with Crippen molar-refractivity contribution in [3.05, 3.63) is 35.6 Å². The molecule has 4 heteroatoms. The standard InChI is InChI=1S/C12H13FN2O/c13-11-5-2-1-4-10(11)6-7-12(16)15-9-3-8-14/h1-2,4-5H,3,8-9,14H2,(H,15,16). The van der Waals surface area contributed by atoms with E-state index in [1.807, 2.05) is 0 Å².